The zero-order valence-electron chi connectivity index (χ0n) is 33.4. The minimum atomic E-state index is -0.442. The van der Waals surface area contributed by atoms with Gasteiger partial charge in [0.25, 0.3) is 0 Å². The fraction of sp³-hybridized carbons (Fsp3) is 0.0690. The zero-order chi connectivity index (χ0) is 39.7. The van der Waals surface area contributed by atoms with Gasteiger partial charge in [0.15, 0.2) is 0 Å². The summed E-state index contributed by atoms with van der Waals surface area (Å²) >= 11 is 0. The van der Waals surface area contributed by atoms with Gasteiger partial charge in [-0.15, -0.1) is 0 Å². The Balaban J connectivity index is 1.07. The van der Waals surface area contributed by atoms with Crippen molar-refractivity contribution in [3.63, 3.8) is 0 Å². The molecular formula is C58H39NO. The second kappa shape index (κ2) is 12.1. The highest BCUT2D eigenvalue weighted by Gasteiger charge is 2.51. The van der Waals surface area contributed by atoms with Crippen LogP contribution in [0.2, 0.25) is 0 Å². The summed E-state index contributed by atoms with van der Waals surface area (Å²) in [6, 6.07) is 74.3. The van der Waals surface area contributed by atoms with Gasteiger partial charge in [-0.2, -0.15) is 0 Å². The Kier molecular flexibility index (Phi) is 6.74. The van der Waals surface area contributed by atoms with Gasteiger partial charge in [0.1, 0.15) is 11.2 Å². The molecule has 0 saturated heterocycles. The third kappa shape index (κ3) is 4.32. The molecule has 0 bridgehead atoms. The van der Waals surface area contributed by atoms with Gasteiger partial charge in [0.05, 0.1) is 5.41 Å². The molecule has 10 aromatic rings. The van der Waals surface area contributed by atoms with E-state index in [4.69, 9.17) is 4.42 Å². The third-order valence-corrected chi connectivity index (χ3v) is 13.9. The molecule has 3 aliphatic rings. The standard InChI is InChI=1S/C58H39NO/c1-57(2)48-23-8-3-17-41(48)45-31-29-38(34-52(45)57)59(37-16-13-15-36(33-37)40-22-14-28-55-56(40)47-21-7-12-27-54(47)60-55)39-30-32-46-44-20-6-11-26-51(44)58(53(46)35-39)49-24-9-4-18-42(49)43-19-5-10-25-50(43)58/h3-35H,1-2H3. The van der Waals surface area contributed by atoms with Crippen LogP contribution >= 0.6 is 0 Å². The lowest BCUT2D eigenvalue weighted by molar-refractivity contribution is 0.660. The normalized spacial score (nSPS) is 14.4. The number of anilines is 3. The number of hydrogen-bond donors (Lipinski definition) is 0. The lowest BCUT2D eigenvalue weighted by Gasteiger charge is -2.32. The Morgan fingerprint density at radius 1 is 0.350 bits per heavy atom. The van der Waals surface area contributed by atoms with Crippen LogP contribution in [0.4, 0.5) is 17.1 Å². The molecule has 0 unspecified atom stereocenters. The fourth-order valence-corrected chi connectivity index (χ4v) is 11.3. The van der Waals surface area contributed by atoms with E-state index in [0.717, 1.165) is 50.1 Å². The summed E-state index contributed by atoms with van der Waals surface area (Å²) in [6.45, 7) is 4.74. The molecule has 0 fully saturated rings. The van der Waals surface area contributed by atoms with Crippen molar-refractivity contribution >= 4 is 39.0 Å². The van der Waals surface area contributed by atoms with E-state index in [1.54, 1.807) is 0 Å². The molecule has 1 heterocycles. The van der Waals surface area contributed by atoms with Crippen LogP contribution in [0.5, 0.6) is 0 Å². The summed E-state index contributed by atoms with van der Waals surface area (Å²) in [5, 5.41) is 2.27. The SMILES string of the molecule is CC1(C)c2ccccc2-c2ccc(N(c3cccc(-c4cccc5oc6ccccc6c45)c3)c3ccc4c(c3)C3(c5ccccc5-c5ccccc53)c3ccccc3-4)cc21. The number of furan rings is 1. The van der Waals surface area contributed by atoms with E-state index in [0.29, 0.717) is 0 Å². The largest absolute Gasteiger partial charge is 0.456 e. The van der Waals surface area contributed by atoms with Crippen LogP contribution < -0.4 is 4.90 Å². The smallest absolute Gasteiger partial charge is 0.136 e. The maximum Gasteiger partial charge on any atom is 0.136 e. The molecule has 282 valence electrons. The van der Waals surface area contributed by atoms with E-state index in [-0.39, 0.29) is 5.41 Å². The van der Waals surface area contributed by atoms with Crippen LogP contribution in [0.15, 0.2) is 205 Å². The van der Waals surface area contributed by atoms with Crippen molar-refractivity contribution < 1.29 is 4.42 Å². The fourth-order valence-electron chi connectivity index (χ4n) is 11.3. The Morgan fingerprint density at radius 3 is 1.48 bits per heavy atom. The molecule has 60 heavy (non-hydrogen) atoms. The zero-order valence-corrected chi connectivity index (χ0v) is 33.4. The Morgan fingerprint density at radius 2 is 0.817 bits per heavy atom. The highest BCUT2D eigenvalue weighted by atomic mass is 16.3. The molecule has 2 heteroatoms. The van der Waals surface area contributed by atoms with Crippen LogP contribution in [-0.2, 0) is 10.8 Å². The predicted molar refractivity (Wildman–Crippen MR) is 248 cm³/mol. The molecule has 0 saturated carbocycles. The lowest BCUT2D eigenvalue weighted by atomic mass is 9.70. The van der Waals surface area contributed by atoms with Gasteiger partial charge in [-0.3, -0.25) is 0 Å². The van der Waals surface area contributed by atoms with E-state index < -0.39 is 5.41 Å². The van der Waals surface area contributed by atoms with Crippen molar-refractivity contribution in [1.29, 1.82) is 0 Å². The summed E-state index contributed by atoms with van der Waals surface area (Å²) in [5.74, 6) is 0. The molecule has 1 aromatic heterocycles. The van der Waals surface area contributed by atoms with Crippen LogP contribution in [0, 0.1) is 0 Å². The van der Waals surface area contributed by atoms with Crippen molar-refractivity contribution in [1.82, 2.24) is 0 Å². The van der Waals surface area contributed by atoms with Crippen molar-refractivity contribution in [2.75, 3.05) is 4.90 Å². The predicted octanol–water partition coefficient (Wildman–Crippen LogP) is 15.4. The summed E-state index contributed by atoms with van der Waals surface area (Å²) in [6.07, 6.45) is 0. The molecule has 0 amide bonds. The van der Waals surface area contributed by atoms with Gasteiger partial charge in [0, 0.05) is 33.2 Å². The second-order valence-electron chi connectivity index (χ2n) is 17.2. The van der Waals surface area contributed by atoms with E-state index >= 15 is 0 Å². The van der Waals surface area contributed by atoms with Crippen LogP contribution in [0.25, 0.3) is 66.4 Å². The molecule has 13 rings (SSSR count). The van der Waals surface area contributed by atoms with Gasteiger partial charge >= 0.3 is 0 Å². The minimum Gasteiger partial charge on any atom is -0.456 e. The first kappa shape index (κ1) is 33.5. The van der Waals surface area contributed by atoms with Crippen molar-refractivity contribution in [2.45, 2.75) is 24.7 Å². The quantitative estimate of drug-likeness (QED) is 0.177. The summed E-state index contributed by atoms with van der Waals surface area (Å²) < 4.78 is 6.37. The van der Waals surface area contributed by atoms with Gasteiger partial charge in [0.2, 0.25) is 0 Å². The van der Waals surface area contributed by atoms with Crippen molar-refractivity contribution in [2.24, 2.45) is 0 Å². The van der Waals surface area contributed by atoms with E-state index in [2.05, 4.69) is 213 Å². The maximum atomic E-state index is 6.37. The number of nitrogens with zero attached hydrogens (tertiary/aromatic N) is 1. The highest BCUT2D eigenvalue weighted by Crippen LogP contribution is 2.63. The van der Waals surface area contributed by atoms with E-state index in [1.165, 1.54) is 66.8 Å². The molecule has 0 atom stereocenters. The van der Waals surface area contributed by atoms with Crippen LogP contribution in [-0.4, -0.2) is 0 Å². The molecule has 0 N–H and O–H groups in total. The summed E-state index contributed by atoms with van der Waals surface area (Å²) in [5.41, 5.74) is 22.8. The third-order valence-electron chi connectivity index (χ3n) is 13.9. The molecule has 0 radical (unpaired) electrons. The average Bonchev–Trinajstić information content (AvgIpc) is 3.99. The first-order valence-corrected chi connectivity index (χ1v) is 21.0. The molecular weight excluding hydrogens is 727 g/mol. The van der Waals surface area contributed by atoms with Crippen molar-refractivity contribution in [3.8, 4) is 44.5 Å². The maximum absolute atomic E-state index is 6.37. The molecule has 3 aliphatic carbocycles. The lowest BCUT2D eigenvalue weighted by Crippen LogP contribution is -2.26. The number of hydrogen-bond acceptors (Lipinski definition) is 2. The van der Waals surface area contributed by atoms with Crippen molar-refractivity contribution in [3.05, 3.63) is 234 Å². The van der Waals surface area contributed by atoms with Gasteiger partial charge < -0.3 is 9.32 Å². The number of para-hydroxylation sites is 1. The van der Waals surface area contributed by atoms with Gasteiger partial charge in [-0.1, -0.05) is 166 Å². The summed E-state index contributed by atoms with van der Waals surface area (Å²) in [4.78, 5) is 2.49. The Labute approximate surface area is 349 Å². The van der Waals surface area contributed by atoms with E-state index in [9.17, 15) is 0 Å². The number of rotatable bonds is 4. The number of benzene rings is 9. The topological polar surface area (TPSA) is 16.4 Å². The van der Waals surface area contributed by atoms with E-state index in [1.807, 2.05) is 6.07 Å². The molecule has 2 nitrogen and oxygen atoms in total. The molecule has 0 aliphatic heterocycles. The highest BCUT2D eigenvalue weighted by molar-refractivity contribution is 6.12. The monoisotopic (exact) mass is 765 g/mol. The number of fused-ring (bicyclic) bond motifs is 16. The molecule has 9 aromatic carbocycles. The Hall–Kier alpha value is -7.42. The second-order valence-corrected chi connectivity index (χ2v) is 17.2. The van der Waals surface area contributed by atoms with Gasteiger partial charge in [-0.05, 0) is 126 Å². The Bertz CT molecular complexity index is 3370. The first-order valence-electron chi connectivity index (χ1n) is 21.0. The summed E-state index contributed by atoms with van der Waals surface area (Å²) in [7, 11) is 0. The first-order chi connectivity index (χ1) is 29.5. The van der Waals surface area contributed by atoms with Crippen LogP contribution in [0.3, 0.4) is 0 Å². The average molecular weight is 766 g/mol. The van der Waals surface area contributed by atoms with Gasteiger partial charge in [-0.25, -0.2) is 0 Å². The minimum absolute atomic E-state index is 0.144. The molecule has 1 spiro atoms. The van der Waals surface area contributed by atoms with Crippen LogP contribution in [0.1, 0.15) is 47.2 Å².